The summed E-state index contributed by atoms with van der Waals surface area (Å²) < 4.78 is 0. The number of benzene rings is 2. The molecule has 1 unspecified atom stereocenters. The fourth-order valence-corrected chi connectivity index (χ4v) is 3.97. The molecule has 1 N–H and O–H groups in total. The van der Waals surface area contributed by atoms with Crippen LogP contribution in [0.1, 0.15) is 46.0 Å². The minimum atomic E-state index is -0.685. The Morgan fingerprint density at radius 3 is 2.47 bits per heavy atom. The zero-order valence-corrected chi connectivity index (χ0v) is 18.8. The lowest BCUT2D eigenvalue weighted by Gasteiger charge is -2.22. The van der Waals surface area contributed by atoms with Gasteiger partial charge >= 0.3 is 0 Å². The fraction of sp³-hybridized carbons (Fsp3) is 0.167. The van der Waals surface area contributed by atoms with Crippen molar-refractivity contribution in [2.45, 2.75) is 25.9 Å². The van der Waals surface area contributed by atoms with Crippen LogP contribution in [0.5, 0.6) is 0 Å². The molecule has 32 heavy (non-hydrogen) atoms. The molecule has 0 bridgehead atoms. The van der Waals surface area contributed by atoms with E-state index in [4.69, 9.17) is 34.5 Å². The van der Waals surface area contributed by atoms with Crippen molar-refractivity contribution in [1.82, 2.24) is 9.97 Å². The standard InChI is InChI=1S/C24H18Cl2N4O2/c1-4-15-12-27-23(28-13-15)29-22(31)20-6-5-16(7-14(20)2)21-11-24(3,32-30-21)17-8-18(25)10-19(26)9-17/h1,5-10,12-13H,11H2,2-3H3,(H,27,28,29,31). The fourth-order valence-electron chi connectivity index (χ4n) is 3.44. The second-order valence-corrected chi connectivity index (χ2v) is 8.49. The van der Waals surface area contributed by atoms with Gasteiger partial charge in [0.2, 0.25) is 5.95 Å². The molecule has 4 rings (SSSR count). The molecular formula is C24H18Cl2N4O2. The van der Waals surface area contributed by atoms with Gasteiger partial charge in [-0.15, -0.1) is 6.42 Å². The van der Waals surface area contributed by atoms with Crippen molar-refractivity contribution in [2.75, 3.05) is 5.32 Å². The second kappa shape index (κ2) is 8.62. The second-order valence-electron chi connectivity index (χ2n) is 7.62. The number of carbonyl (C=O) groups excluding carboxylic acids is 1. The Morgan fingerprint density at radius 1 is 1.16 bits per heavy atom. The Morgan fingerprint density at radius 2 is 1.84 bits per heavy atom. The van der Waals surface area contributed by atoms with E-state index < -0.39 is 5.60 Å². The molecule has 0 fully saturated rings. The molecule has 8 heteroatoms. The molecular weight excluding hydrogens is 447 g/mol. The Bertz CT molecular complexity index is 1260. The molecule has 0 radical (unpaired) electrons. The smallest absolute Gasteiger partial charge is 0.258 e. The van der Waals surface area contributed by atoms with Crippen LogP contribution in [0.15, 0.2) is 53.9 Å². The van der Waals surface area contributed by atoms with Crippen LogP contribution in [-0.2, 0) is 10.4 Å². The molecule has 160 valence electrons. The highest BCUT2D eigenvalue weighted by Crippen LogP contribution is 2.38. The maximum atomic E-state index is 12.7. The number of aromatic nitrogens is 2. The van der Waals surface area contributed by atoms with Gasteiger partial charge in [-0.05, 0) is 55.3 Å². The summed E-state index contributed by atoms with van der Waals surface area (Å²) in [6, 6.07) is 10.8. The summed E-state index contributed by atoms with van der Waals surface area (Å²) in [5.74, 6) is 2.30. The molecule has 1 amide bonds. The third-order valence-corrected chi connectivity index (χ3v) is 5.62. The number of anilines is 1. The van der Waals surface area contributed by atoms with Gasteiger partial charge in [0, 0.05) is 40.0 Å². The van der Waals surface area contributed by atoms with Crippen molar-refractivity contribution in [3.8, 4) is 12.3 Å². The number of rotatable bonds is 4. The molecule has 0 saturated heterocycles. The van der Waals surface area contributed by atoms with Gasteiger partial charge in [-0.1, -0.05) is 40.3 Å². The largest absolute Gasteiger partial charge is 0.384 e. The molecule has 1 aliphatic rings. The van der Waals surface area contributed by atoms with Gasteiger partial charge in [-0.3, -0.25) is 10.1 Å². The molecule has 0 saturated carbocycles. The molecule has 1 aromatic heterocycles. The first kappa shape index (κ1) is 21.8. The number of hydrogen-bond acceptors (Lipinski definition) is 5. The average molecular weight is 465 g/mol. The maximum absolute atomic E-state index is 12.7. The number of amides is 1. The van der Waals surface area contributed by atoms with Gasteiger partial charge in [0.05, 0.1) is 11.3 Å². The van der Waals surface area contributed by atoms with E-state index in [1.165, 1.54) is 12.4 Å². The van der Waals surface area contributed by atoms with E-state index in [-0.39, 0.29) is 11.9 Å². The van der Waals surface area contributed by atoms with Crippen molar-refractivity contribution in [1.29, 1.82) is 0 Å². The first-order chi connectivity index (χ1) is 15.3. The van der Waals surface area contributed by atoms with Crippen LogP contribution in [0.4, 0.5) is 5.95 Å². The molecule has 2 aromatic carbocycles. The topological polar surface area (TPSA) is 76.5 Å². The minimum Gasteiger partial charge on any atom is -0.384 e. The normalized spacial score (nSPS) is 17.3. The van der Waals surface area contributed by atoms with Crippen LogP contribution in [0.3, 0.4) is 0 Å². The van der Waals surface area contributed by atoms with E-state index in [0.29, 0.717) is 27.6 Å². The maximum Gasteiger partial charge on any atom is 0.258 e. The highest BCUT2D eigenvalue weighted by molar-refractivity contribution is 6.34. The number of oxime groups is 1. The highest BCUT2D eigenvalue weighted by Gasteiger charge is 2.37. The number of nitrogens with zero attached hydrogens (tertiary/aromatic N) is 3. The summed E-state index contributed by atoms with van der Waals surface area (Å²) in [6.07, 6.45) is 8.77. The van der Waals surface area contributed by atoms with Gasteiger partial charge in [0.25, 0.3) is 5.91 Å². The predicted octanol–water partition coefficient (Wildman–Crippen LogP) is 5.37. The number of nitrogens with one attached hydrogen (secondary N) is 1. The average Bonchev–Trinajstić information content (AvgIpc) is 3.17. The van der Waals surface area contributed by atoms with Gasteiger partial charge in [0.15, 0.2) is 5.60 Å². The number of hydrogen-bond donors (Lipinski definition) is 1. The molecule has 3 aromatic rings. The number of carbonyl (C=O) groups is 1. The minimum absolute atomic E-state index is 0.182. The van der Waals surface area contributed by atoms with E-state index in [0.717, 1.165) is 22.4 Å². The summed E-state index contributed by atoms with van der Waals surface area (Å²) in [5.41, 5.74) is 3.62. The van der Waals surface area contributed by atoms with Crippen LogP contribution in [0.2, 0.25) is 10.0 Å². The van der Waals surface area contributed by atoms with Gasteiger partial charge in [-0.25, -0.2) is 9.97 Å². The molecule has 1 aliphatic heterocycles. The monoisotopic (exact) mass is 464 g/mol. The summed E-state index contributed by atoms with van der Waals surface area (Å²) in [5, 5.41) is 8.04. The number of halogens is 2. The van der Waals surface area contributed by atoms with E-state index in [2.05, 4.69) is 26.4 Å². The van der Waals surface area contributed by atoms with Crippen molar-refractivity contribution < 1.29 is 9.63 Å². The van der Waals surface area contributed by atoms with Crippen LogP contribution in [-0.4, -0.2) is 21.6 Å². The van der Waals surface area contributed by atoms with Crippen LogP contribution >= 0.6 is 23.2 Å². The molecule has 0 spiro atoms. The first-order valence-corrected chi connectivity index (χ1v) is 10.5. The SMILES string of the molecule is C#Cc1cnc(NC(=O)c2ccc(C3=NOC(C)(c4cc(Cl)cc(Cl)c4)C3)cc2C)nc1. The lowest BCUT2D eigenvalue weighted by atomic mass is 9.88. The zero-order chi connectivity index (χ0) is 22.9. The Kier molecular flexibility index (Phi) is 5.88. The van der Waals surface area contributed by atoms with Crippen molar-refractivity contribution in [3.63, 3.8) is 0 Å². The third kappa shape index (κ3) is 4.45. The zero-order valence-electron chi connectivity index (χ0n) is 17.3. The summed E-state index contributed by atoms with van der Waals surface area (Å²) in [7, 11) is 0. The first-order valence-electron chi connectivity index (χ1n) is 9.70. The Labute approximate surface area is 195 Å². The quantitative estimate of drug-likeness (QED) is 0.526. The third-order valence-electron chi connectivity index (χ3n) is 5.18. The number of terminal acetylenes is 1. The Balaban J connectivity index is 1.50. The van der Waals surface area contributed by atoms with E-state index in [1.54, 1.807) is 12.1 Å². The molecule has 0 aliphatic carbocycles. The summed E-state index contributed by atoms with van der Waals surface area (Å²) in [6.45, 7) is 3.79. The lowest BCUT2D eigenvalue weighted by molar-refractivity contribution is -0.00737. The molecule has 6 nitrogen and oxygen atoms in total. The van der Waals surface area contributed by atoms with Crippen molar-refractivity contribution in [2.24, 2.45) is 5.16 Å². The molecule has 1 atom stereocenters. The van der Waals surface area contributed by atoms with Crippen molar-refractivity contribution in [3.05, 3.63) is 86.7 Å². The van der Waals surface area contributed by atoms with E-state index in [1.807, 2.05) is 38.1 Å². The Hall–Kier alpha value is -3.40. The van der Waals surface area contributed by atoms with Crippen LogP contribution < -0.4 is 5.32 Å². The van der Waals surface area contributed by atoms with E-state index in [9.17, 15) is 4.79 Å². The summed E-state index contributed by atoms with van der Waals surface area (Å²) >= 11 is 12.3. The van der Waals surface area contributed by atoms with Crippen LogP contribution in [0.25, 0.3) is 0 Å². The molecule has 2 heterocycles. The lowest BCUT2D eigenvalue weighted by Crippen LogP contribution is -2.22. The van der Waals surface area contributed by atoms with E-state index >= 15 is 0 Å². The number of aryl methyl sites for hydroxylation is 1. The van der Waals surface area contributed by atoms with Crippen LogP contribution in [0, 0.1) is 19.3 Å². The summed E-state index contributed by atoms with van der Waals surface area (Å²) in [4.78, 5) is 26.5. The van der Waals surface area contributed by atoms with Gasteiger partial charge in [0.1, 0.15) is 0 Å². The predicted molar refractivity (Wildman–Crippen MR) is 125 cm³/mol. The highest BCUT2D eigenvalue weighted by atomic mass is 35.5. The van der Waals surface area contributed by atoms with Gasteiger partial charge in [-0.2, -0.15) is 0 Å². The van der Waals surface area contributed by atoms with Gasteiger partial charge < -0.3 is 4.84 Å². The van der Waals surface area contributed by atoms with Crippen molar-refractivity contribution >= 4 is 40.8 Å².